The van der Waals surface area contributed by atoms with Crippen LogP contribution in [0.5, 0.6) is 0 Å². The van der Waals surface area contributed by atoms with Crippen LogP contribution < -0.4 is 5.32 Å². The van der Waals surface area contributed by atoms with Crippen molar-refractivity contribution in [2.24, 2.45) is 0 Å². The van der Waals surface area contributed by atoms with Gasteiger partial charge in [0, 0.05) is 47.4 Å². The molecule has 3 heterocycles. The molecule has 5 rings (SSSR count). The molecule has 0 radical (unpaired) electrons. The number of likely N-dealkylation sites (tertiary alicyclic amines) is 1. The Kier molecular flexibility index (Phi) is 5.96. The molecule has 1 aromatic heterocycles. The summed E-state index contributed by atoms with van der Waals surface area (Å²) in [6.45, 7) is 3.17. The van der Waals surface area contributed by atoms with Gasteiger partial charge in [0.2, 0.25) is 5.91 Å². The number of benzene rings is 2. The average molecular weight is 461 g/mol. The minimum absolute atomic E-state index is 0.0320. The number of hydrogen-bond acceptors (Lipinski definition) is 4. The van der Waals surface area contributed by atoms with Crippen LogP contribution in [0.25, 0.3) is 10.9 Å². The molecule has 0 saturated carbocycles. The maximum Gasteiger partial charge on any atom is 0.409 e. The first kappa shape index (κ1) is 22.0. The van der Waals surface area contributed by atoms with Crippen LogP contribution >= 0.6 is 0 Å². The molecule has 0 bridgehead atoms. The lowest BCUT2D eigenvalue weighted by Gasteiger charge is -2.32. The second kappa shape index (κ2) is 9.21. The molecule has 3 aromatic rings. The summed E-state index contributed by atoms with van der Waals surface area (Å²) in [6, 6.07) is 15.2. The van der Waals surface area contributed by atoms with Crippen molar-refractivity contribution in [3.63, 3.8) is 0 Å². The van der Waals surface area contributed by atoms with Gasteiger partial charge in [0.05, 0.1) is 12.6 Å². The molecular formula is C26H28N4O4. The van der Waals surface area contributed by atoms with E-state index in [0.717, 1.165) is 22.0 Å². The second-order valence-electron chi connectivity index (χ2n) is 8.74. The van der Waals surface area contributed by atoms with Crippen LogP contribution in [0.15, 0.2) is 54.7 Å². The van der Waals surface area contributed by atoms with Gasteiger partial charge in [-0.2, -0.15) is 0 Å². The van der Waals surface area contributed by atoms with Gasteiger partial charge in [-0.25, -0.2) is 4.79 Å². The zero-order chi connectivity index (χ0) is 23.7. The number of piperidine rings is 1. The van der Waals surface area contributed by atoms with Gasteiger partial charge in [0.15, 0.2) is 0 Å². The van der Waals surface area contributed by atoms with Gasteiger partial charge in [-0.1, -0.05) is 36.4 Å². The summed E-state index contributed by atoms with van der Waals surface area (Å²) in [5, 5.41) is 4.10. The number of aromatic amines is 1. The Bertz CT molecular complexity index is 1230. The fourth-order valence-electron chi connectivity index (χ4n) is 5.04. The first-order chi connectivity index (χ1) is 16.6. The highest BCUT2D eigenvalue weighted by Gasteiger charge is 2.39. The highest BCUT2D eigenvalue weighted by Crippen LogP contribution is 2.40. The number of nitrogens with zero attached hydrogens (tertiary/aromatic N) is 2. The number of carbonyl (C=O) groups excluding carboxylic acids is 3. The van der Waals surface area contributed by atoms with E-state index in [4.69, 9.17) is 4.74 Å². The van der Waals surface area contributed by atoms with Gasteiger partial charge < -0.3 is 24.8 Å². The third-order valence-corrected chi connectivity index (χ3v) is 6.67. The monoisotopic (exact) mass is 460 g/mol. The summed E-state index contributed by atoms with van der Waals surface area (Å²) in [6.07, 6.45) is 2.94. The Morgan fingerprint density at radius 2 is 1.79 bits per heavy atom. The van der Waals surface area contributed by atoms with Crippen LogP contribution in [0.4, 0.5) is 4.79 Å². The molecule has 176 valence electrons. The fraction of sp³-hybridized carbons (Fsp3) is 0.346. The highest BCUT2D eigenvalue weighted by molar-refractivity contribution is 6.02. The molecule has 3 amide bonds. The Morgan fingerprint density at radius 1 is 1.06 bits per heavy atom. The van der Waals surface area contributed by atoms with Crippen molar-refractivity contribution in [3.05, 3.63) is 71.4 Å². The number of para-hydroxylation sites is 1. The van der Waals surface area contributed by atoms with Gasteiger partial charge in [-0.3, -0.25) is 9.59 Å². The molecule has 8 nitrogen and oxygen atoms in total. The molecule has 2 N–H and O–H groups in total. The standard InChI is InChI=1S/C26H28N4O4/c1-2-34-26(33)29-13-11-17(12-14-29)28-23(31)16-30-24(19-8-3-4-9-20(19)25(30)32)21-15-27-22-10-6-5-7-18(21)22/h3-10,15,17,24,27H,2,11-14,16H2,1H3,(H,28,31)/t24-/m0/s1. The van der Waals surface area contributed by atoms with Crippen LogP contribution in [-0.4, -0.2) is 65.0 Å². The van der Waals surface area contributed by atoms with E-state index in [1.165, 1.54) is 0 Å². The third kappa shape index (κ3) is 4.00. The maximum absolute atomic E-state index is 13.3. The van der Waals surface area contributed by atoms with E-state index < -0.39 is 0 Å². The highest BCUT2D eigenvalue weighted by atomic mass is 16.6. The maximum atomic E-state index is 13.3. The molecule has 0 unspecified atom stereocenters. The fourth-order valence-corrected chi connectivity index (χ4v) is 5.04. The summed E-state index contributed by atoms with van der Waals surface area (Å²) in [5.74, 6) is -0.334. The Labute approximate surface area is 197 Å². The summed E-state index contributed by atoms with van der Waals surface area (Å²) in [4.78, 5) is 44.9. The van der Waals surface area contributed by atoms with E-state index in [1.807, 2.05) is 54.7 Å². The molecule has 34 heavy (non-hydrogen) atoms. The summed E-state index contributed by atoms with van der Waals surface area (Å²) in [7, 11) is 0. The van der Waals surface area contributed by atoms with Crippen molar-refractivity contribution in [1.29, 1.82) is 0 Å². The zero-order valence-corrected chi connectivity index (χ0v) is 19.1. The van der Waals surface area contributed by atoms with Crippen LogP contribution in [0, 0.1) is 0 Å². The van der Waals surface area contributed by atoms with Crippen molar-refractivity contribution in [2.45, 2.75) is 31.8 Å². The van der Waals surface area contributed by atoms with Crippen LogP contribution in [-0.2, 0) is 9.53 Å². The van der Waals surface area contributed by atoms with Crippen molar-refractivity contribution in [3.8, 4) is 0 Å². The molecule has 0 aliphatic carbocycles. The van der Waals surface area contributed by atoms with E-state index in [9.17, 15) is 14.4 Å². The van der Waals surface area contributed by atoms with E-state index >= 15 is 0 Å². The Hall–Kier alpha value is -3.81. The van der Waals surface area contributed by atoms with Gasteiger partial charge in [0.25, 0.3) is 5.91 Å². The van der Waals surface area contributed by atoms with E-state index in [2.05, 4.69) is 10.3 Å². The zero-order valence-electron chi connectivity index (χ0n) is 19.1. The molecule has 1 fully saturated rings. The second-order valence-corrected chi connectivity index (χ2v) is 8.74. The molecule has 8 heteroatoms. The number of aromatic nitrogens is 1. The number of hydrogen-bond donors (Lipinski definition) is 2. The van der Waals surface area contributed by atoms with E-state index in [1.54, 1.807) is 16.7 Å². The molecular weight excluding hydrogens is 432 g/mol. The number of amides is 3. The first-order valence-corrected chi connectivity index (χ1v) is 11.7. The smallest absolute Gasteiger partial charge is 0.409 e. The Balaban J connectivity index is 1.32. The van der Waals surface area contributed by atoms with Gasteiger partial charge in [-0.05, 0) is 37.5 Å². The summed E-state index contributed by atoms with van der Waals surface area (Å²) in [5.41, 5.74) is 3.51. The lowest BCUT2D eigenvalue weighted by Crippen LogP contribution is -2.49. The SMILES string of the molecule is CCOC(=O)N1CCC(NC(=O)CN2C(=O)c3ccccc3[C@H]2c2c[nH]c3ccccc23)CC1. The number of nitrogens with one attached hydrogen (secondary N) is 2. The van der Waals surface area contributed by atoms with Gasteiger partial charge in [0.1, 0.15) is 6.54 Å². The predicted molar refractivity (Wildman–Crippen MR) is 127 cm³/mol. The van der Waals surface area contributed by atoms with Crippen molar-refractivity contribution >= 4 is 28.8 Å². The van der Waals surface area contributed by atoms with Gasteiger partial charge >= 0.3 is 6.09 Å². The lowest BCUT2D eigenvalue weighted by atomic mass is 9.97. The molecule has 2 aromatic carbocycles. The van der Waals surface area contributed by atoms with Gasteiger partial charge in [-0.15, -0.1) is 0 Å². The van der Waals surface area contributed by atoms with E-state index in [-0.39, 0.29) is 36.5 Å². The first-order valence-electron chi connectivity index (χ1n) is 11.7. The topological polar surface area (TPSA) is 94.7 Å². The van der Waals surface area contributed by atoms with Crippen molar-refractivity contribution in [2.75, 3.05) is 26.2 Å². The van der Waals surface area contributed by atoms with Crippen LogP contribution in [0.1, 0.15) is 47.3 Å². The lowest BCUT2D eigenvalue weighted by molar-refractivity contribution is -0.123. The Morgan fingerprint density at radius 3 is 2.59 bits per heavy atom. The molecule has 2 aliphatic heterocycles. The minimum Gasteiger partial charge on any atom is -0.450 e. The summed E-state index contributed by atoms with van der Waals surface area (Å²) < 4.78 is 5.06. The van der Waals surface area contributed by atoms with E-state index in [0.29, 0.717) is 38.1 Å². The normalized spacial score (nSPS) is 18.3. The summed E-state index contributed by atoms with van der Waals surface area (Å²) >= 11 is 0. The van der Waals surface area contributed by atoms with Crippen molar-refractivity contribution in [1.82, 2.24) is 20.1 Å². The van der Waals surface area contributed by atoms with Crippen molar-refractivity contribution < 1.29 is 19.1 Å². The number of rotatable bonds is 5. The predicted octanol–water partition coefficient (Wildman–Crippen LogP) is 3.45. The minimum atomic E-state index is -0.337. The van der Waals surface area contributed by atoms with Crippen LogP contribution in [0.2, 0.25) is 0 Å². The molecule has 2 aliphatic rings. The quantitative estimate of drug-likeness (QED) is 0.610. The number of fused-ring (bicyclic) bond motifs is 2. The largest absolute Gasteiger partial charge is 0.450 e. The molecule has 0 spiro atoms. The number of carbonyl (C=O) groups is 3. The third-order valence-electron chi connectivity index (χ3n) is 6.67. The number of ether oxygens (including phenoxy) is 1. The number of H-pyrrole nitrogens is 1. The average Bonchev–Trinajstić information content (AvgIpc) is 3.39. The molecule has 1 saturated heterocycles. The molecule has 1 atom stereocenters. The van der Waals surface area contributed by atoms with Crippen LogP contribution in [0.3, 0.4) is 0 Å².